The first-order chi connectivity index (χ1) is 13.2. The van der Waals surface area contributed by atoms with Crippen molar-refractivity contribution in [3.05, 3.63) is 53.7 Å². The Kier molecular flexibility index (Phi) is 4.92. The van der Waals surface area contributed by atoms with Gasteiger partial charge in [0.05, 0.1) is 33.5 Å². The van der Waals surface area contributed by atoms with Gasteiger partial charge in [0.15, 0.2) is 11.5 Å². The van der Waals surface area contributed by atoms with Crippen LogP contribution in [0.25, 0.3) is 10.9 Å². The number of nitrogens with one attached hydrogen (secondary N) is 2. The second-order valence-corrected chi connectivity index (χ2v) is 6.52. The van der Waals surface area contributed by atoms with Gasteiger partial charge in [-0.1, -0.05) is 18.2 Å². The van der Waals surface area contributed by atoms with E-state index in [4.69, 9.17) is 18.9 Å². The Hall–Kier alpha value is -2.70. The third-order valence-electron chi connectivity index (χ3n) is 5.01. The first-order valence-electron chi connectivity index (χ1n) is 8.97. The molecule has 1 saturated heterocycles. The SMILES string of the molecule is COc1cc(C2CNCC(c3c[nH]c4ccccc34)O2)cc(OC)c1OC. The van der Waals surface area contributed by atoms with Gasteiger partial charge in [0.25, 0.3) is 0 Å². The maximum absolute atomic E-state index is 6.46. The lowest BCUT2D eigenvalue weighted by atomic mass is 10.0. The molecule has 0 spiro atoms. The molecule has 2 N–H and O–H groups in total. The fraction of sp³-hybridized carbons (Fsp3) is 0.333. The normalized spacial score (nSPS) is 19.8. The monoisotopic (exact) mass is 368 g/mol. The number of H-pyrrole nitrogens is 1. The van der Waals surface area contributed by atoms with Crippen molar-refractivity contribution < 1.29 is 18.9 Å². The van der Waals surface area contributed by atoms with Crippen molar-refractivity contribution in [1.82, 2.24) is 10.3 Å². The molecule has 142 valence electrons. The molecule has 1 fully saturated rings. The molecule has 6 nitrogen and oxygen atoms in total. The Bertz CT molecular complexity index is 912. The van der Waals surface area contributed by atoms with E-state index in [1.54, 1.807) is 21.3 Å². The number of aromatic amines is 1. The van der Waals surface area contributed by atoms with Crippen LogP contribution >= 0.6 is 0 Å². The highest BCUT2D eigenvalue weighted by Crippen LogP contribution is 2.42. The molecule has 0 saturated carbocycles. The van der Waals surface area contributed by atoms with Crippen molar-refractivity contribution in [2.24, 2.45) is 0 Å². The van der Waals surface area contributed by atoms with Gasteiger partial charge in [0.1, 0.15) is 0 Å². The van der Waals surface area contributed by atoms with Gasteiger partial charge in [0, 0.05) is 35.8 Å². The second kappa shape index (κ2) is 7.50. The molecule has 2 heterocycles. The summed E-state index contributed by atoms with van der Waals surface area (Å²) in [4.78, 5) is 3.33. The van der Waals surface area contributed by atoms with E-state index in [-0.39, 0.29) is 12.2 Å². The molecule has 6 heteroatoms. The highest BCUT2D eigenvalue weighted by molar-refractivity contribution is 5.83. The average Bonchev–Trinajstić information content (AvgIpc) is 3.17. The molecule has 4 rings (SSSR count). The summed E-state index contributed by atoms with van der Waals surface area (Å²) in [5, 5.41) is 4.68. The van der Waals surface area contributed by atoms with Crippen molar-refractivity contribution in [2.45, 2.75) is 12.2 Å². The lowest BCUT2D eigenvalue weighted by Crippen LogP contribution is -2.35. The van der Waals surface area contributed by atoms with Crippen LogP contribution in [0.2, 0.25) is 0 Å². The quantitative estimate of drug-likeness (QED) is 0.720. The topological polar surface area (TPSA) is 64.7 Å². The van der Waals surface area contributed by atoms with Gasteiger partial charge in [-0.15, -0.1) is 0 Å². The van der Waals surface area contributed by atoms with Crippen LogP contribution in [0.1, 0.15) is 23.3 Å². The van der Waals surface area contributed by atoms with E-state index >= 15 is 0 Å². The molecule has 2 aromatic carbocycles. The summed E-state index contributed by atoms with van der Waals surface area (Å²) in [5.41, 5.74) is 3.27. The van der Waals surface area contributed by atoms with Crippen molar-refractivity contribution in [1.29, 1.82) is 0 Å². The fourth-order valence-corrected chi connectivity index (χ4v) is 3.67. The third-order valence-corrected chi connectivity index (χ3v) is 5.01. The zero-order valence-corrected chi connectivity index (χ0v) is 15.7. The smallest absolute Gasteiger partial charge is 0.203 e. The summed E-state index contributed by atoms with van der Waals surface area (Å²) in [7, 11) is 4.84. The van der Waals surface area contributed by atoms with Crippen LogP contribution in [0.5, 0.6) is 17.2 Å². The molecule has 2 atom stereocenters. The number of benzene rings is 2. The maximum Gasteiger partial charge on any atom is 0.203 e. The number of ether oxygens (including phenoxy) is 4. The van der Waals surface area contributed by atoms with Crippen LogP contribution in [0.15, 0.2) is 42.6 Å². The summed E-state index contributed by atoms with van der Waals surface area (Å²) in [6.07, 6.45) is 1.87. The van der Waals surface area contributed by atoms with E-state index in [0.29, 0.717) is 17.2 Å². The minimum absolute atomic E-state index is 0.0426. The minimum Gasteiger partial charge on any atom is -0.493 e. The van der Waals surface area contributed by atoms with Crippen LogP contribution in [-0.4, -0.2) is 39.4 Å². The van der Waals surface area contributed by atoms with Crippen molar-refractivity contribution in [2.75, 3.05) is 34.4 Å². The van der Waals surface area contributed by atoms with Gasteiger partial charge in [0.2, 0.25) is 5.75 Å². The predicted molar refractivity (Wildman–Crippen MR) is 104 cm³/mol. The molecular formula is C21H24N2O4. The average molecular weight is 368 g/mol. The number of morpholine rings is 1. The molecule has 0 radical (unpaired) electrons. The fourth-order valence-electron chi connectivity index (χ4n) is 3.67. The van der Waals surface area contributed by atoms with Crippen molar-refractivity contribution >= 4 is 10.9 Å². The maximum atomic E-state index is 6.46. The molecule has 27 heavy (non-hydrogen) atoms. The molecule has 1 aliphatic rings. The first kappa shape index (κ1) is 17.7. The molecular weight excluding hydrogens is 344 g/mol. The Morgan fingerprint density at radius 1 is 0.926 bits per heavy atom. The summed E-state index contributed by atoms with van der Waals surface area (Å²) in [6.45, 7) is 1.49. The Morgan fingerprint density at radius 3 is 2.33 bits per heavy atom. The zero-order valence-electron chi connectivity index (χ0n) is 15.7. The third kappa shape index (κ3) is 3.22. The standard InChI is InChI=1S/C21H24N2O4/c1-24-17-8-13(9-18(25-2)21(17)26-3)19-11-22-12-20(27-19)15-10-23-16-7-5-4-6-14(15)16/h4-10,19-20,22-23H,11-12H2,1-3H3. The van der Waals surface area contributed by atoms with E-state index in [0.717, 1.165) is 29.7 Å². The summed E-state index contributed by atoms with van der Waals surface area (Å²) in [5.74, 6) is 1.84. The summed E-state index contributed by atoms with van der Waals surface area (Å²) in [6, 6.07) is 12.2. The number of rotatable bonds is 5. The van der Waals surface area contributed by atoms with Crippen LogP contribution in [-0.2, 0) is 4.74 Å². The molecule has 0 bridgehead atoms. The van der Waals surface area contributed by atoms with E-state index in [1.807, 2.05) is 30.5 Å². The highest BCUT2D eigenvalue weighted by Gasteiger charge is 2.28. The lowest BCUT2D eigenvalue weighted by molar-refractivity contribution is -0.0400. The Morgan fingerprint density at radius 2 is 1.63 bits per heavy atom. The van der Waals surface area contributed by atoms with Crippen molar-refractivity contribution in [3.63, 3.8) is 0 Å². The van der Waals surface area contributed by atoms with E-state index in [9.17, 15) is 0 Å². The Balaban J connectivity index is 1.65. The molecule has 3 aromatic rings. The predicted octanol–water partition coefficient (Wildman–Crippen LogP) is 3.60. The van der Waals surface area contributed by atoms with Crippen molar-refractivity contribution in [3.8, 4) is 17.2 Å². The molecule has 2 unspecified atom stereocenters. The molecule has 0 amide bonds. The highest BCUT2D eigenvalue weighted by atomic mass is 16.5. The lowest BCUT2D eigenvalue weighted by Gasteiger charge is -2.31. The van der Waals surface area contributed by atoms with Crippen LogP contribution in [0.4, 0.5) is 0 Å². The number of hydrogen-bond acceptors (Lipinski definition) is 5. The number of aromatic nitrogens is 1. The van der Waals surface area contributed by atoms with Gasteiger partial charge < -0.3 is 29.2 Å². The molecule has 1 aliphatic heterocycles. The largest absolute Gasteiger partial charge is 0.493 e. The van der Waals surface area contributed by atoms with Crippen LogP contribution in [0, 0.1) is 0 Å². The number of fused-ring (bicyclic) bond motifs is 1. The summed E-state index contributed by atoms with van der Waals surface area (Å²) >= 11 is 0. The first-order valence-corrected chi connectivity index (χ1v) is 8.97. The number of hydrogen-bond donors (Lipinski definition) is 2. The van der Waals surface area contributed by atoms with E-state index < -0.39 is 0 Å². The van der Waals surface area contributed by atoms with Gasteiger partial charge in [-0.2, -0.15) is 0 Å². The number of para-hydroxylation sites is 1. The van der Waals surface area contributed by atoms with E-state index in [1.165, 1.54) is 5.39 Å². The Labute approximate surface area is 158 Å². The van der Waals surface area contributed by atoms with Gasteiger partial charge in [-0.05, 0) is 23.8 Å². The van der Waals surface area contributed by atoms with Gasteiger partial charge >= 0.3 is 0 Å². The van der Waals surface area contributed by atoms with Crippen LogP contribution in [0.3, 0.4) is 0 Å². The van der Waals surface area contributed by atoms with Crippen LogP contribution < -0.4 is 19.5 Å². The van der Waals surface area contributed by atoms with E-state index in [2.05, 4.69) is 22.4 Å². The van der Waals surface area contributed by atoms with Gasteiger partial charge in [-0.25, -0.2) is 0 Å². The number of methoxy groups -OCH3 is 3. The van der Waals surface area contributed by atoms with Gasteiger partial charge in [-0.3, -0.25) is 0 Å². The molecule has 1 aromatic heterocycles. The molecule has 0 aliphatic carbocycles. The second-order valence-electron chi connectivity index (χ2n) is 6.52. The minimum atomic E-state index is -0.119. The summed E-state index contributed by atoms with van der Waals surface area (Å²) < 4.78 is 22.8. The zero-order chi connectivity index (χ0) is 18.8.